The maximum Gasteiger partial charge on any atom is 0.410 e. The number of fused-ring (bicyclic) bond motifs is 1. The first kappa shape index (κ1) is 29.4. The lowest BCUT2D eigenvalue weighted by Crippen LogP contribution is -2.40. The van der Waals surface area contributed by atoms with Crippen LogP contribution in [0.3, 0.4) is 0 Å². The van der Waals surface area contributed by atoms with Crippen molar-refractivity contribution in [1.82, 2.24) is 19.6 Å². The third-order valence-electron chi connectivity index (χ3n) is 7.11. The Hall–Kier alpha value is -3.56. The number of amides is 2. The number of benzene rings is 2. The van der Waals surface area contributed by atoms with E-state index in [0.29, 0.717) is 30.6 Å². The van der Waals surface area contributed by atoms with E-state index in [-0.39, 0.29) is 17.6 Å². The summed E-state index contributed by atoms with van der Waals surface area (Å²) in [6.45, 7) is 9.24. The Labute approximate surface area is 232 Å². The van der Waals surface area contributed by atoms with Crippen molar-refractivity contribution in [2.75, 3.05) is 19.6 Å². The number of halogens is 3. The van der Waals surface area contributed by atoms with Crippen LogP contribution < -0.4 is 0 Å². The quantitative estimate of drug-likeness (QED) is 0.342. The average molecular weight is 559 g/mol. The summed E-state index contributed by atoms with van der Waals surface area (Å²) in [5.41, 5.74) is 2.37. The Morgan fingerprint density at radius 2 is 1.88 bits per heavy atom. The summed E-state index contributed by atoms with van der Waals surface area (Å²) in [7, 11) is 1.82. The van der Waals surface area contributed by atoms with E-state index in [0.717, 1.165) is 33.9 Å². The number of hydrogen-bond acceptors (Lipinski definition) is 4. The molecule has 1 saturated heterocycles. The van der Waals surface area contributed by atoms with Crippen molar-refractivity contribution in [3.8, 4) is 11.1 Å². The van der Waals surface area contributed by atoms with Gasteiger partial charge in [0, 0.05) is 31.6 Å². The number of nitrogens with zero attached hydrogens (tertiary/aromatic N) is 4. The lowest BCUT2D eigenvalue weighted by molar-refractivity contribution is 0.0288. The van der Waals surface area contributed by atoms with Crippen LogP contribution >= 0.6 is 0 Å². The topological polar surface area (TPSA) is 67.7 Å². The van der Waals surface area contributed by atoms with Crippen LogP contribution in [0.15, 0.2) is 36.5 Å². The van der Waals surface area contributed by atoms with Gasteiger partial charge in [0.25, 0.3) is 12.3 Å². The van der Waals surface area contributed by atoms with E-state index in [1.165, 1.54) is 12.1 Å². The molecule has 0 radical (unpaired) electrons. The Kier molecular flexibility index (Phi) is 8.46. The summed E-state index contributed by atoms with van der Waals surface area (Å²) >= 11 is 0. The molecule has 3 aromatic rings. The van der Waals surface area contributed by atoms with Crippen molar-refractivity contribution in [2.24, 2.45) is 13.0 Å². The number of alkyl halides is 2. The number of likely N-dealkylation sites (tertiary alicyclic amines) is 1. The van der Waals surface area contributed by atoms with E-state index in [1.807, 2.05) is 40.0 Å². The SMILES string of the molecule is CC(C)N(CC(F)F)C(=O)c1cc(F)ccc1-c1cc(C[C@@H]2CCN(C(=O)OC(C)(C)C)C2)cc2c1cnn2C. The van der Waals surface area contributed by atoms with E-state index >= 15 is 0 Å². The van der Waals surface area contributed by atoms with Gasteiger partial charge in [-0.15, -0.1) is 0 Å². The Morgan fingerprint density at radius 1 is 1.15 bits per heavy atom. The maximum atomic E-state index is 14.4. The molecule has 0 spiro atoms. The van der Waals surface area contributed by atoms with Gasteiger partial charge in [-0.25, -0.2) is 18.0 Å². The minimum atomic E-state index is -2.72. The number of rotatable bonds is 7. The molecular weight excluding hydrogens is 521 g/mol. The van der Waals surface area contributed by atoms with Gasteiger partial charge >= 0.3 is 6.09 Å². The van der Waals surface area contributed by atoms with Crippen LogP contribution in [0.2, 0.25) is 0 Å². The normalized spacial score (nSPS) is 15.9. The smallest absolute Gasteiger partial charge is 0.410 e. The first-order valence-electron chi connectivity index (χ1n) is 13.5. The van der Waals surface area contributed by atoms with Crippen LogP contribution in [0.4, 0.5) is 18.0 Å². The second-order valence-electron chi connectivity index (χ2n) is 11.8. The van der Waals surface area contributed by atoms with Gasteiger partial charge in [-0.05, 0) is 88.3 Å². The molecule has 0 saturated carbocycles. The highest BCUT2D eigenvalue weighted by Crippen LogP contribution is 2.35. The zero-order chi connectivity index (χ0) is 29.4. The molecular formula is C30H37F3N4O3. The van der Waals surface area contributed by atoms with Gasteiger partial charge in [0.2, 0.25) is 0 Å². The van der Waals surface area contributed by atoms with Gasteiger partial charge < -0.3 is 14.5 Å². The zero-order valence-electron chi connectivity index (χ0n) is 23.9. The second kappa shape index (κ2) is 11.5. The molecule has 2 aromatic carbocycles. The third kappa shape index (κ3) is 6.59. The average Bonchev–Trinajstić information content (AvgIpc) is 3.47. The van der Waals surface area contributed by atoms with E-state index in [1.54, 1.807) is 29.6 Å². The molecule has 1 aromatic heterocycles. The predicted molar refractivity (Wildman–Crippen MR) is 148 cm³/mol. The van der Waals surface area contributed by atoms with Gasteiger partial charge in [0.1, 0.15) is 11.4 Å². The van der Waals surface area contributed by atoms with E-state index in [9.17, 15) is 22.8 Å². The van der Waals surface area contributed by atoms with Crippen LogP contribution in [0.1, 0.15) is 57.0 Å². The summed E-state index contributed by atoms with van der Waals surface area (Å²) in [6.07, 6.45) is 0.121. The minimum absolute atomic E-state index is 0.0219. The highest BCUT2D eigenvalue weighted by atomic mass is 19.3. The fourth-order valence-corrected chi connectivity index (χ4v) is 5.23. The zero-order valence-corrected chi connectivity index (χ0v) is 23.9. The molecule has 1 atom stereocenters. The molecule has 10 heteroatoms. The molecule has 216 valence electrons. The summed E-state index contributed by atoms with van der Waals surface area (Å²) in [5, 5.41) is 5.16. The monoisotopic (exact) mass is 558 g/mol. The number of ether oxygens (including phenoxy) is 1. The van der Waals surface area contributed by atoms with Gasteiger partial charge in [-0.3, -0.25) is 9.48 Å². The van der Waals surface area contributed by atoms with Gasteiger partial charge in [0.05, 0.1) is 23.8 Å². The van der Waals surface area contributed by atoms with Crippen molar-refractivity contribution >= 4 is 22.9 Å². The number of aromatic nitrogens is 2. The fraction of sp³-hybridized carbons (Fsp3) is 0.500. The molecule has 1 fully saturated rings. The van der Waals surface area contributed by atoms with Gasteiger partial charge in [-0.1, -0.05) is 12.1 Å². The Balaban J connectivity index is 1.71. The summed E-state index contributed by atoms with van der Waals surface area (Å²) < 4.78 is 48.4. The first-order chi connectivity index (χ1) is 18.7. The standard InChI is InChI=1S/C30H37F3N4O3/c1-18(2)37(17-27(32)33)28(38)24-14-21(31)7-8-22(24)23-12-20(13-26-25(23)15-34-35(26)6)11-19-9-10-36(16-19)29(39)40-30(3,4)5/h7-8,12-15,18-19,27H,9-11,16-17H2,1-6H3/t19-/m0/s1. The van der Waals surface area contributed by atoms with Gasteiger partial charge in [0.15, 0.2) is 0 Å². The van der Waals surface area contributed by atoms with Crippen molar-refractivity contribution < 1.29 is 27.5 Å². The predicted octanol–water partition coefficient (Wildman–Crippen LogP) is 6.29. The molecule has 0 N–H and O–H groups in total. The van der Waals surface area contributed by atoms with Crippen LogP contribution in [-0.2, 0) is 18.2 Å². The van der Waals surface area contributed by atoms with Crippen LogP contribution in [0, 0.1) is 11.7 Å². The molecule has 7 nitrogen and oxygen atoms in total. The molecule has 0 aliphatic carbocycles. The number of carbonyl (C=O) groups excluding carboxylic acids is 2. The lowest BCUT2D eigenvalue weighted by atomic mass is 9.91. The summed E-state index contributed by atoms with van der Waals surface area (Å²) in [6, 6.07) is 7.39. The number of aryl methyl sites for hydroxylation is 1. The molecule has 1 aliphatic heterocycles. The highest BCUT2D eigenvalue weighted by Gasteiger charge is 2.31. The Morgan fingerprint density at radius 3 is 2.52 bits per heavy atom. The van der Waals surface area contributed by atoms with Crippen molar-refractivity contribution in [1.29, 1.82) is 0 Å². The number of carbonyl (C=O) groups is 2. The number of hydrogen-bond donors (Lipinski definition) is 0. The van der Waals surface area contributed by atoms with E-state index < -0.39 is 36.3 Å². The van der Waals surface area contributed by atoms with Crippen LogP contribution in [-0.4, -0.2) is 69.3 Å². The molecule has 2 heterocycles. The highest BCUT2D eigenvalue weighted by molar-refractivity contribution is 6.05. The molecule has 4 rings (SSSR count). The van der Waals surface area contributed by atoms with Crippen molar-refractivity contribution in [2.45, 2.75) is 65.5 Å². The van der Waals surface area contributed by atoms with E-state index in [2.05, 4.69) is 5.10 Å². The van der Waals surface area contributed by atoms with Crippen molar-refractivity contribution in [3.63, 3.8) is 0 Å². The van der Waals surface area contributed by atoms with Crippen LogP contribution in [0.25, 0.3) is 22.0 Å². The molecule has 40 heavy (non-hydrogen) atoms. The summed E-state index contributed by atoms with van der Waals surface area (Å²) in [4.78, 5) is 28.9. The minimum Gasteiger partial charge on any atom is -0.444 e. The Bertz CT molecular complexity index is 1400. The van der Waals surface area contributed by atoms with Crippen molar-refractivity contribution in [3.05, 3.63) is 53.5 Å². The molecule has 0 bridgehead atoms. The fourth-order valence-electron chi connectivity index (χ4n) is 5.23. The van der Waals surface area contributed by atoms with Crippen LogP contribution in [0.5, 0.6) is 0 Å². The summed E-state index contributed by atoms with van der Waals surface area (Å²) in [5.74, 6) is -1.08. The van der Waals surface area contributed by atoms with Gasteiger partial charge in [-0.2, -0.15) is 5.10 Å². The van der Waals surface area contributed by atoms with E-state index in [4.69, 9.17) is 4.74 Å². The maximum absolute atomic E-state index is 14.4. The lowest BCUT2D eigenvalue weighted by Gasteiger charge is -2.27. The largest absolute Gasteiger partial charge is 0.444 e. The second-order valence-corrected chi connectivity index (χ2v) is 11.8. The molecule has 2 amide bonds. The third-order valence-corrected chi connectivity index (χ3v) is 7.11. The molecule has 0 unspecified atom stereocenters. The molecule has 1 aliphatic rings. The first-order valence-corrected chi connectivity index (χ1v) is 13.5.